The zero-order valence-electron chi connectivity index (χ0n) is 69.7. The number of ether oxygens (including phenoxy) is 3. The molecule has 1 saturated carbocycles. The number of nitrogens with zero attached hydrogens (tertiary/aromatic N) is 11. The molecule has 0 unspecified atom stereocenters. The van der Waals surface area contributed by atoms with Gasteiger partial charge in [-0.3, -0.25) is 78.3 Å². The monoisotopic (exact) mass is 1720 g/mol. The third-order valence-electron chi connectivity index (χ3n) is 24.0. The number of hydrogen-bond donors (Lipinski definition) is 5. The maximum atomic E-state index is 15.4. The Bertz CT molecular complexity index is 6390. The Morgan fingerprint density at radius 1 is 0.457 bits per heavy atom. The second kappa shape index (κ2) is 35.4. The van der Waals surface area contributed by atoms with E-state index in [0.717, 1.165) is 56.0 Å². The number of carbonyl (C=O) groups excluding carboxylic acids is 9. The van der Waals surface area contributed by atoms with Gasteiger partial charge in [0.1, 0.15) is 44.9 Å². The predicted octanol–water partition coefficient (Wildman–Crippen LogP) is 9.55. The fraction of sp³-hybridized carbons (Fsp3) is 0.295. The Kier molecular flexibility index (Phi) is 23.9. The van der Waals surface area contributed by atoms with Crippen LogP contribution >= 0.6 is 0 Å². The number of piperazine rings is 1. The number of aryl methyl sites for hydroxylation is 2. The third-order valence-corrected chi connectivity index (χ3v) is 24.0. The van der Waals surface area contributed by atoms with Crippen molar-refractivity contribution in [1.29, 1.82) is 0 Å². The second-order valence-corrected chi connectivity index (χ2v) is 32.5. The van der Waals surface area contributed by atoms with Gasteiger partial charge in [-0.05, 0) is 120 Å². The average molecular weight is 1720 g/mol. The van der Waals surface area contributed by atoms with Crippen LogP contribution in [0, 0.1) is 75.0 Å². The first kappa shape index (κ1) is 85.7. The van der Waals surface area contributed by atoms with Crippen LogP contribution in [-0.4, -0.2) is 191 Å². The molecule has 0 spiro atoms. The molecule has 32 heteroatoms. The van der Waals surface area contributed by atoms with Gasteiger partial charge in [-0.15, -0.1) is 0 Å². The largest absolute Gasteiger partial charge is 0.506 e. The first-order valence-electron chi connectivity index (χ1n) is 41.0. The average Bonchev–Trinajstić information content (AvgIpc) is 1.62. The quantitative estimate of drug-likeness (QED) is 0.0341. The van der Waals surface area contributed by atoms with Crippen LogP contribution < -0.4 is 30.2 Å². The Morgan fingerprint density at radius 2 is 0.850 bits per heavy atom. The number of pyridine rings is 2. The molecule has 18 rings (SSSR count). The number of halogens is 4. The molecule has 1 aliphatic carbocycles. The molecule has 127 heavy (non-hydrogen) atoms. The molecule has 28 nitrogen and oxygen atoms in total. The minimum atomic E-state index is -1.64. The van der Waals surface area contributed by atoms with E-state index in [1.54, 1.807) is 103 Å². The van der Waals surface area contributed by atoms with E-state index in [9.17, 15) is 66.5 Å². The summed E-state index contributed by atoms with van der Waals surface area (Å²) in [5.41, 5.74) is 2.84. The maximum absolute atomic E-state index is 15.4. The molecule has 0 bridgehead atoms. The molecule has 10 aromatic rings. The summed E-state index contributed by atoms with van der Waals surface area (Å²) in [5, 5.41) is 36.0. The number of carbonyl (C=O) groups is 9. The molecule has 646 valence electrons. The highest BCUT2D eigenvalue weighted by atomic mass is 19.1. The molecule has 0 radical (unpaired) electrons. The molecule has 6 aromatic carbocycles. The topological polar surface area (TPSA) is 335 Å². The van der Waals surface area contributed by atoms with Crippen molar-refractivity contribution in [3.8, 4) is 109 Å². The first-order valence-corrected chi connectivity index (χ1v) is 41.0. The third kappa shape index (κ3) is 17.5. The minimum Gasteiger partial charge on any atom is -0.506 e. The lowest BCUT2D eigenvalue weighted by atomic mass is 9.85. The maximum Gasteiger partial charge on any atom is 0.257 e. The van der Waals surface area contributed by atoms with Crippen molar-refractivity contribution in [2.24, 2.45) is 30.3 Å². The van der Waals surface area contributed by atoms with Crippen LogP contribution in [-0.2, 0) is 69.0 Å². The van der Waals surface area contributed by atoms with Crippen LogP contribution in [0.5, 0.6) is 28.7 Å². The van der Waals surface area contributed by atoms with Crippen molar-refractivity contribution in [2.75, 3.05) is 67.1 Å². The van der Waals surface area contributed by atoms with Gasteiger partial charge in [-0.2, -0.15) is 10.2 Å². The molecule has 5 fully saturated rings. The highest BCUT2D eigenvalue weighted by Gasteiger charge is 2.52. The highest BCUT2D eigenvalue weighted by molar-refractivity contribution is 6.11. The Labute approximate surface area is 726 Å². The van der Waals surface area contributed by atoms with Gasteiger partial charge in [-0.1, -0.05) is 97.2 Å². The SMILES string of the molecule is COc1ccc2c(c1F)C(=O)N(C[C@@]1(C#Cc3ccc(-c4nc(-c5cnn(C)c5)ccc4O)c(F)c3)CC(=O)NC1=O)C2.COc1ccc2c(c1F)C(=O)N(C[C@@]1(C#Cc3ccc(-c4nc(-c5cnn(C)c5)ccc4O)cc3)CC(=O)NC1=O)C2.COc1ccc2c(c1F)C(=O)N(C[C@]1(C#Cc3ccc(CN4CCN(C5CCCCC5)CC4)cc3)CC(=O)NC1=O)C2. The van der Waals surface area contributed by atoms with E-state index in [0.29, 0.717) is 50.5 Å². The van der Waals surface area contributed by atoms with Gasteiger partial charge in [0.15, 0.2) is 34.7 Å². The number of aromatic nitrogens is 6. The van der Waals surface area contributed by atoms with E-state index < -0.39 is 92.7 Å². The Balaban J connectivity index is 0.000000140. The smallest absolute Gasteiger partial charge is 0.257 e. The minimum absolute atomic E-state index is 0.00639. The van der Waals surface area contributed by atoms with Crippen LogP contribution in [0.15, 0.2) is 152 Å². The zero-order chi connectivity index (χ0) is 89.3. The van der Waals surface area contributed by atoms with Crippen LogP contribution in [0.3, 0.4) is 0 Å². The Morgan fingerprint density at radius 3 is 1.24 bits per heavy atom. The molecule has 7 aliphatic heterocycles. The van der Waals surface area contributed by atoms with Gasteiger partial charge in [0.05, 0.1) is 81.1 Å². The first-order chi connectivity index (χ1) is 61.1. The summed E-state index contributed by atoms with van der Waals surface area (Å²) in [6, 6.07) is 35.1. The van der Waals surface area contributed by atoms with E-state index in [2.05, 4.69) is 93.6 Å². The number of fused-ring (bicyclic) bond motifs is 3. The highest BCUT2D eigenvalue weighted by Crippen LogP contribution is 2.42. The predicted molar refractivity (Wildman–Crippen MR) is 452 cm³/mol. The molecule has 11 heterocycles. The summed E-state index contributed by atoms with van der Waals surface area (Å²) < 4.78 is 78.2. The van der Waals surface area contributed by atoms with Crippen LogP contribution in [0.4, 0.5) is 17.6 Å². The van der Waals surface area contributed by atoms with Gasteiger partial charge in [-0.25, -0.2) is 27.5 Å². The molecule has 5 N–H and O–H groups in total. The van der Waals surface area contributed by atoms with Gasteiger partial charge < -0.3 is 39.1 Å². The standard InChI is InChI=1S/C33H37FN4O4.C31H23F2N5O5.C31H24FN5O5/c1-42-27-12-11-25-21-38(31(40)29(25)30(27)34)22-33(19-28(39)35-32(33)41)14-13-23-7-9-24(10-8-23)20-36-15-17-37(18-16-36)26-5-3-2-4-6-26;1-37-14-19(13-34-37)22-6-7-23(39)28(35-22)20-5-3-17(11-21(20)32)9-10-31(12-25(40)36-30(31)42)16-38-15-18-4-8-24(43-2)27(33)26(18)29(38)41;1-36-15-21(14-33-36)22-8-9-23(38)28(34-22)19-5-3-18(4-6-19)11-12-31(13-25(39)35-30(31)41)17-37-16-20-7-10-24(42-2)27(32)26(20)29(37)40/h7-12,26H,2-6,15-22H2,1H3,(H,35,39,41);3-8,11,13-14,39H,12,15-16H2,1-2H3,(H,36,40,42);3-10,14-15,38H,13,16-17H2,1-2H3,(H,35,39,41)/t33-;2*31-/m011/s1. The van der Waals surface area contributed by atoms with Crippen LogP contribution in [0.2, 0.25) is 0 Å². The summed E-state index contributed by atoms with van der Waals surface area (Å²) in [4.78, 5) is 133. The summed E-state index contributed by atoms with van der Waals surface area (Å²) in [7, 11) is 7.49. The Hall–Kier alpha value is -14.8. The fourth-order valence-electron chi connectivity index (χ4n) is 17.3. The second-order valence-electron chi connectivity index (χ2n) is 32.5. The van der Waals surface area contributed by atoms with Crippen molar-refractivity contribution in [2.45, 2.75) is 83.6 Å². The zero-order valence-corrected chi connectivity index (χ0v) is 69.7. The number of amides is 9. The van der Waals surface area contributed by atoms with E-state index >= 15 is 4.39 Å². The van der Waals surface area contributed by atoms with Crippen molar-refractivity contribution in [3.05, 3.63) is 231 Å². The molecule has 4 saturated heterocycles. The van der Waals surface area contributed by atoms with Crippen molar-refractivity contribution >= 4 is 53.2 Å². The van der Waals surface area contributed by atoms with Gasteiger partial charge >= 0.3 is 0 Å². The van der Waals surface area contributed by atoms with Crippen molar-refractivity contribution in [1.82, 2.24) is 70.0 Å². The van der Waals surface area contributed by atoms with Gasteiger partial charge in [0, 0.05) is 143 Å². The number of imide groups is 3. The number of nitrogens with one attached hydrogen (secondary N) is 3. The van der Waals surface area contributed by atoms with Gasteiger partial charge in [0.25, 0.3) is 17.7 Å². The van der Waals surface area contributed by atoms with Crippen LogP contribution in [0.1, 0.15) is 121 Å². The summed E-state index contributed by atoms with van der Waals surface area (Å²) in [6.07, 6.45) is 12.9. The molecular weight excluding hydrogens is 1640 g/mol. The van der Waals surface area contributed by atoms with Crippen molar-refractivity contribution < 1.29 is 85.1 Å². The lowest BCUT2D eigenvalue weighted by Crippen LogP contribution is -2.50. The van der Waals surface area contributed by atoms with E-state index in [1.807, 2.05) is 18.3 Å². The van der Waals surface area contributed by atoms with Crippen molar-refractivity contribution in [3.63, 3.8) is 0 Å². The number of hydrogen-bond acceptors (Lipinski definition) is 20. The van der Waals surface area contributed by atoms with Crippen LogP contribution in [0.25, 0.3) is 45.0 Å². The van der Waals surface area contributed by atoms with E-state index in [4.69, 9.17) is 14.2 Å². The van der Waals surface area contributed by atoms with Gasteiger partial charge in [0.2, 0.25) is 35.4 Å². The summed E-state index contributed by atoms with van der Waals surface area (Å²) in [5.74, 6) is 9.00. The van der Waals surface area contributed by atoms with E-state index in [1.165, 1.54) is 110 Å². The molecule has 4 aromatic heterocycles. The lowest BCUT2D eigenvalue weighted by Gasteiger charge is -2.40. The molecular formula is C95H84F4N14O14. The number of methoxy groups -OCH3 is 3. The normalized spacial score (nSPS) is 19.5. The van der Waals surface area contributed by atoms with E-state index in [-0.39, 0.29) is 121 Å². The fourth-order valence-corrected chi connectivity index (χ4v) is 17.3. The molecule has 9 amide bonds. The molecule has 8 aliphatic rings. The summed E-state index contributed by atoms with van der Waals surface area (Å²) in [6.45, 7) is 4.90. The number of benzene rings is 6. The molecule has 3 atom stereocenters. The number of aromatic hydroxyl groups is 2. The number of rotatable bonds is 16. The summed E-state index contributed by atoms with van der Waals surface area (Å²) >= 11 is 0. The lowest BCUT2D eigenvalue weighted by molar-refractivity contribution is -0.128.